The highest BCUT2D eigenvalue weighted by Crippen LogP contribution is 2.14. The molecule has 0 atom stereocenters. The molecule has 1 aromatic rings. The Morgan fingerprint density at radius 2 is 2.33 bits per heavy atom. The van der Waals surface area contributed by atoms with E-state index < -0.39 is 0 Å². The van der Waals surface area contributed by atoms with Crippen molar-refractivity contribution in [2.45, 2.75) is 25.1 Å². The lowest BCUT2D eigenvalue weighted by molar-refractivity contribution is -0.122. The van der Waals surface area contributed by atoms with Gasteiger partial charge in [0, 0.05) is 19.0 Å². The number of carbonyl (C=O) groups excluding carboxylic acids is 1. The number of unbranched alkanes of at least 4 members (excludes halogenated alkanes) is 1. The van der Waals surface area contributed by atoms with E-state index in [1.807, 2.05) is 17.3 Å². The van der Waals surface area contributed by atoms with E-state index in [-0.39, 0.29) is 5.91 Å². The van der Waals surface area contributed by atoms with Crippen LogP contribution in [-0.2, 0) is 21.8 Å². The van der Waals surface area contributed by atoms with Crippen molar-refractivity contribution in [3.05, 3.63) is 16.1 Å². The van der Waals surface area contributed by atoms with Gasteiger partial charge in [0.2, 0.25) is 5.91 Å². The van der Waals surface area contributed by atoms with E-state index in [1.54, 1.807) is 18.4 Å². The highest BCUT2D eigenvalue weighted by atomic mass is 35.5. The average molecular weight is 334 g/mol. The fourth-order valence-electron chi connectivity index (χ4n) is 1.86. The molecule has 0 saturated carbocycles. The number of amides is 1. The van der Waals surface area contributed by atoms with Gasteiger partial charge in [-0.15, -0.1) is 22.9 Å². The predicted octanol–water partition coefficient (Wildman–Crippen LogP) is 1.90. The number of hydrogen-bond acceptors (Lipinski definition) is 5. The minimum absolute atomic E-state index is 0.0428. The van der Waals surface area contributed by atoms with Crippen LogP contribution in [0.15, 0.2) is 5.38 Å². The standard InChI is InChI=1S/C14H24ClN3O2S/c1-18(10-13(19)16-6-8-20-2)7-4-3-5-14-17-12(9-15)11-21-14/h11H,3-10H2,1-2H3,(H,16,19). The molecule has 1 N–H and O–H groups in total. The van der Waals surface area contributed by atoms with Crippen molar-refractivity contribution < 1.29 is 9.53 Å². The number of nitrogens with zero attached hydrogens (tertiary/aromatic N) is 2. The van der Waals surface area contributed by atoms with E-state index in [0.717, 1.165) is 36.5 Å². The van der Waals surface area contributed by atoms with Crippen LogP contribution in [0.4, 0.5) is 0 Å². The second-order valence-corrected chi connectivity index (χ2v) is 6.11. The van der Waals surface area contributed by atoms with Crippen molar-refractivity contribution in [2.24, 2.45) is 0 Å². The summed E-state index contributed by atoms with van der Waals surface area (Å²) in [7, 11) is 3.59. The van der Waals surface area contributed by atoms with Gasteiger partial charge >= 0.3 is 0 Å². The number of aromatic nitrogens is 1. The second kappa shape index (κ2) is 11.0. The maximum absolute atomic E-state index is 11.6. The van der Waals surface area contributed by atoms with Crippen LogP contribution in [0.5, 0.6) is 0 Å². The summed E-state index contributed by atoms with van der Waals surface area (Å²) in [5.74, 6) is 0.526. The van der Waals surface area contributed by atoms with Gasteiger partial charge in [0.1, 0.15) is 0 Å². The molecule has 7 heteroatoms. The highest BCUT2D eigenvalue weighted by Gasteiger charge is 2.06. The monoisotopic (exact) mass is 333 g/mol. The summed E-state index contributed by atoms with van der Waals surface area (Å²) in [5, 5.41) is 5.97. The van der Waals surface area contributed by atoms with Crippen LogP contribution in [-0.4, -0.2) is 56.2 Å². The zero-order chi connectivity index (χ0) is 15.5. The Bertz CT molecular complexity index is 415. The Balaban J connectivity index is 2.07. The molecule has 0 aliphatic carbocycles. The predicted molar refractivity (Wildman–Crippen MR) is 87.0 cm³/mol. The molecule has 1 amide bonds. The number of halogens is 1. The van der Waals surface area contributed by atoms with Crippen LogP contribution < -0.4 is 5.32 Å². The summed E-state index contributed by atoms with van der Waals surface area (Å²) >= 11 is 7.40. The summed E-state index contributed by atoms with van der Waals surface area (Å²) in [4.78, 5) is 18.1. The van der Waals surface area contributed by atoms with Crippen LogP contribution in [0.25, 0.3) is 0 Å². The van der Waals surface area contributed by atoms with Gasteiger partial charge in [-0.05, 0) is 32.9 Å². The molecule has 0 unspecified atom stereocenters. The summed E-state index contributed by atoms with van der Waals surface area (Å²) in [6.45, 7) is 2.45. The van der Waals surface area contributed by atoms with E-state index in [1.165, 1.54) is 0 Å². The molecule has 0 fully saturated rings. The summed E-state index contributed by atoms with van der Waals surface area (Å²) in [6, 6.07) is 0. The molecule has 0 spiro atoms. The third-order valence-corrected chi connectivity index (χ3v) is 4.19. The number of aryl methyl sites for hydroxylation is 1. The zero-order valence-electron chi connectivity index (χ0n) is 12.7. The van der Waals surface area contributed by atoms with Crippen LogP contribution in [0.2, 0.25) is 0 Å². The number of likely N-dealkylation sites (N-methyl/N-ethyl adjacent to an activating group) is 1. The van der Waals surface area contributed by atoms with Crippen LogP contribution >= 0.6 is 22.9 Å². The lowest BCUT2D eigenvalue weighted by Crippen LogP contribution is -2.37. The summed E-state index contributed by atoms with van der Waals surface area (Å²) in [6.07, 6.45) is 3.11. The first-order valence-electron chi connectivity index (χ1n) is 7.09. The largest absolute Gasteiger partial charge is 0.383 e. The summed E-state index contributed by atoms with van der Waals surface area (Å²) in [5.41, 5.74) is 0.960. The molecule has 1 rings (SSSR count). The minimum Gasteiger partial charge on any atom is -0.383 e. The van der Waals surface area contributed by atoms with Gasteiger partial charge in [0.25, 0.3) is 0 Å². The number of hydrogen-bond donors (Lipinski definition) is 1. The number of ether oxygens (including phenoxy) is 1. The van der Waals surface area contributed by atoms with E-state index in [0.29, 0.717) is 25.6 Å². The average Bonchev–Trinajstić information content (AvgIpc) is 2.92. The number of thiazole rings is 1. The fourth-order valence-corrected chi connectivity index (χ4v) is 2.92. The lowest BCUT2D eigenvalue weighted by Gasteiger charge is -2.15. The molecule has 0 radical (unpaired) electrons. The van der Waals surface area contributed by atoms with Crippen molar-refractivity contribution >= 4 is 28.8 Å². The lowest BCUT2D eigenvalue weighted by atomic mass is 10.2. The molecular formula is C14H24ClN3O2S. The molecule has 21 heavy (non-hydrogen) atoms. The van der Waals surface area contributed by atoms with Crippen LogP contribution in [0, 0.1) is 0 Å². The van der Waals surface area contributed by atoms with Gasteiger partial charge in [0.15, 0.2) is 0 Å². The van der Waals surface area contributed by atoms with Gasteiger partial charge < -0.3 is 10.1 Å². The first kappa shape index (κ1) is 18.4. The van der Waals surface area contributed by atoms with E-state index in [4.69, 9.17) is 16.3 Å². The number of nitrogens with one attached hydrogen (secondary N) is 1. The number of carbonyl (C=O) groups is 1. The van der Waals surface area contributed by atoms with Crippen molar-refractivity contribution in [1.82, 2.24) is 15.2 Å². The van der Waals surface area contributed by atoms with Crippen molar-refractivity contribution in [1.29, 1.82) is 0 Å². The highest BCUT2D eigenvalue weighted by molar-refractivity contribution is 7.09. The van der Waals surface area contributed by atoms with E-state index >= 15 is 0 Å². The van der Waals surface area contributed by atoms with Gasteiger partial charge in [-0.2, -0.15) is 0 Å². The Hall–Kier alpha value is -0.690. The van der Waals surface area contributed by atoms with Crippen molar-refractivity contribution in [3.8, 4) is 0 Å². The Morgan fingerprint density at radius 1 is 1.52 bits per heavy atom. The Kier molecular flexibility index (Phi) is 9.58. The number of methoxy groups -OCH3 is 1. The molecule has 0 bridgehead atoms. The minimum atomic E-state index is 0.0428. The molecule has 120 valence electrons. The van der Waals surface area contributed by atoms with E-state index in [2.05, 4.69) is 10.3 Å². The van der Waals surface area contributed by atoms with Gasteiger partial charge in [-0.1, -0.05) is 0 Å². The third kappa shape index (κ3) is 8.36. The molecule has 0 saturated heterocycles. The SMILES string of the molecule is COCCNC(=O)CN(C)CCCCc1nc(CCl)cs1. The number of alkyl halides is 1. The van der Waals surface area contributed by atoms with E-state index in [9.17, 15) is 4.79 Å². The molecule has 0 aromatic carbocycles. The molecule has 0 aliphatic rings. The van der Waals surface area contributed by atoms with Gasteiger partial charge in [-0.25, -0.2) is 4.98 Å². The smallest absolute Gasteiger partial charge is 0.234 e. The molecular weight excluding hydrogens is 310 g/mol. The molecule has 0 aliphatic heterocycles. The first-order valence-corrected chi connectivity index (χ1v) is 8.50. The second-order valence-electron chi connectivity index (χ2n) is 4.90. The zero-order valence-corrected chi connectivity index (χ0v) is 14.3. The van der Waals surface area contributed by atoms with Crippen LogP contribution in [0.1, 0.15) is 23.5 Å². The van der Waals surface area contributed by atoms with Gasteiger partial charge in [0.05, 0.1) is 29.7 Å². The Morgan fingerprint density at radius 3 is 3.00 bits per heavy atom. The van der Waals surface area contributed by atoms with Crippen molar-refractivity contribution in [3.63, 3.8) is 0 Å². The normalized spacial score (nSPS) is 11.0. The quantitative estimate of drug-likeness (QED) is 0.496. The first-order chi connectivity index (χ1) is 10.2. The maximum Gasteiger partial charge on any atom is 0.234 e. The molecule has 5 nitrogen and oxygen atoms in total. The fraction of sp³-hybridized carbons (Fsp3) is 0.714. The van der Waals surface area contributed by atoms with Crippen molar-refractivity contribution in [2.75, 3.05) is 40.4 Å². The maximum atomic E-state index is 11.6. The summed E-state index contributed by atoms with van der Waals surface area (Å²) < 4.78 is 4.89. The topological polar surface area (TPSA) is 54.5 Å². The molecule has 1 aromatic heterocycles. The number of rotatable bonds is 11. The van der Waals surface area contributed by atoms with Gasteiger partial charge in [-0.3, -0.25) is 9.69 Å². The molecule has 1 heterocycles. The van der Waals surface area contributed by atoms with Crippen LogP contribution in [0.3, 0.4) is 0 Å². The Labute approximate surface area is 135 Å². The third-order valence-electron chi connectivity index (χ3n) is 2.96.